The predicted molar refractivity (Wildman–Crippen MR) is 247 cm³/mol. The Morgan fingerprint density at radius 3 is 2.12 bits per heavy atom. The molecular weight excluding hydrogens is 1110 g/mol. The van der Waals surface area contributed by atoms with E-state index in [-0.39, 0.29) is 57.8 Å². The molecule has 3 aliphatic rings. The van der Waals surface area contributed by atoms with E-state index in [0.717, 1.165) is 30.7 Å². The number of nitrogens with zero attached hydrogens (tertiary/aromatic N) is 10. The van der Waals surface area contributed by atoms with E-state index < -0.39 is 135 Å². The molecule has 6 aromatic rings. The Hall–Kier alpha value is -5.11. The third-order valence-corrected chi connectivity index (χ3v) is 18.9. The van der Waals surface area contributed by atoms with Gasteiger partial charge in [-0.05, 0) is 0 Å². The zero-order valence-corrected chi connectivity index (χ0v) is 42.9. The van der Waals surface area contributed by atoms with E-state index in [1.54, 1.807) is 0 Å². The highest BCUT2D eigenvalue weighted by molar-refractivity contribution is 7.71. The number of phosphoric ester groups is 1. The third-order valence-electron chi connectivity index (χ3n) is 12.3. The maximum Gasteiger partial charge on any atom is 0.480 e. The van der Waals surface area contributed by atoms with Crippen LogP contribution in [-0.2, 0) is 66.9 Å². The largest absolute Gasteiger partial charge is 0.778 e. The molecule has 15 N–H and O–H groups in total. The summed E-state index contributed by atoms with van der Waals surface area (Å²) in [4.78, 5) is 101. The fourth-order valence-electron chi connectivity index (χ4n) is 9.01. The number of nitrogens with two attached hydrogens (primary N) is 3. The Kier molecular flexibility index (Phi) is 15.3. The first-order valence-corrected chi connectivity index (χ1v) is 28.2. The molecule has 9 heterocycles. The van der Waals surface area contributed by atoms with Crippen molar-refractivity contribution in [2.24, 2.45) is 13.0 Å². The second kappa shape index (κ2) is 20.9. The maximum absolute atomic E-state index is 14.3. The Balaban J connectivity index is 0.888. The Bertz CT molecular complexity index is 3490. The molecule has 0 aromatic carbocycles. The number of aliphatic hydroxyl groups excluding tert-OH is 3. The number of rotatable bonds is 20. The molecular formula is C34H48N16O22P4. The molecule has 0 bridgehead atoms. The lowest BCUT2D eigenvalue weighted by Crippen LogP contribution is -2.45. The SMILES string of the molecule is COC[C@H]1[C@@H](O)[C@H]([n+]2cn(C)c3c(=O)[nH]c(N)nc32)O[C@@H]1COP(=O)(O)OP(=O)(O)NP(=O)(O)OCC1O[C@@H](n2cnc3c(N)ncnc32)[C@H](OC)[C@@H]1P(=O)([O-])OC[C@H]1O[C@@H](n2cnc3c(=O)[nH]c(N)nc32)[C@H](O)[C@@H]1O. The first-order chi connectivity index (χ1) is 35.7. The molecule has 38 nitrogen and oxygen atoms in total. The summed E-state index contributed by atoms with van der Waals surface area (Å²) >= 11 is 0. The highest BCUT2D eigenvalue weighted by atomic mass is 31.3. The van der Waals surface area contributed by atoms with Crippen LogP contribution in [0.25, 0.3) is 33.5 Å². The molecule has 16 atom stereocenters. The average Bonchev–Trinajstić information content (AvgIpc) is 4.21. The number of ether oxygens (including phenoxy) is 5. The lowest BCUT2D eigenvalue weighted by molar-refractivity contribution is -0.745. The molecule has 3 aliphatic heterocycles. The fraction of sp³-hybridized carbons (Fsp3) is 0.559. The number of methoxy groups -OCH3 is 2. The van der Waals surface area contributed by atoms with Crippen molar-refractivity contribution in [2.75, 3.05) is 57.8 Å². The standard InChI is InChI=1S/C34H48N16O22P4/c1-47-11-50(27-18(47)29(55)45-34(37)43-27)30-19(51)12(4-64-2)13(69-30)5-68-76(62,63)72-75(60,61)46-74(58,59)67-7-15-23(22(65-3)32(71-15)48-9-40-16-24(35)38-8-39-25(16)48)73(56,57)66-6-14-20(52)21(53)31(70-14)49-10-41-17-26(49)42-33(36)44-28(17)54/h8-15,19-23,30-32,51-53H,4-7H2,1-3H3,(H12-,35,36,37,38,39,42,43,44,45,46,54,55,56,57,58,59,60,61,62,63)/t12-,13-,14-,15?,19-,20-,21-,22-,23-,30-,31-,32-/m1/s1. The fourth-order valence-corrected chi connectivity index (χ4v) is 14.7. The van der Waals surface area contributed by atoms with Crippen LogP contribution in [0.5, 0.6) is 0 Å². The minimum Gasteiger partial charge on any atom is -0.778 e. The average molecular weight is 1160 g/mol. The molecule has 6 aromatic heterocycles. The maximum atomic E-state index is 14.3. The zero-order chi connectivity index (χ0) is 55.0. The number of nitrogens with one attached hydrogen (secondary N) is 3. The quantitative estimate of drug-likeness (QED) is 0.0252. The van der Waals surface area contributed by atoms with Crippen molar-refractivity contribution >= 4 is 82.1 Å². The van der Waals surface area contributed by atoms with Gasteiger partial charge >= 0.3 is 29.0 Å². The summed E-state index contributed by atoms with van der Waals surface area (Å²) in [6.45, 7) is -3.46. The number of aryl methyl sites for hydroxylation is 1. The number of nitrogen functional groups attached to an aromatic ring is 3. The number of hydrogen-bond donors (Lipinski definition) is 12. The molecule has 0 aliphatic carbocycles. The number of hydrogen-bond acceptors (Lipinski definition) is 28. The van der Waals surface area contributed by atoms with Crippen LogP contribution >= 0.6 is 30.9 Å². The van der Waals surface area contributed by atoms with Crippen molar-refractivity contribution in [3.63, 3.8) is 0 Å². The second-order valence-electron chi connectivity index (χ2n) is 17.2. The van der Waals surface area contributed by atoms with Crippen LogP contribution < -0.4 is 42.6 Å². The van der Waals surface area contributed by atoms with Crippen LogP contribution in [0.2, 0.25) is 0 Å². The number of phosphoric acid groups is 1. The van der Waals surface area contributed by atoms with Crippen molar-refractivity contribution in [3.05, 3.63) is 46.0 Å². The van der Waals surface area contributed by atoms with Gasteiger partial charge in [0.05, 0.1) is 64.0 Å². The third kappa shape index (κ3) is 10.7. The number of imidazole rings is 3. The van der Waals surface area contributed by atoms with Crippen molar-refractivity contribution in [3.8, 4) is 0 Å². The number of aliphatic hydroxyl groups is 3. The number of aromatic nitrogens is 12. The summed E-state index contributed by atoms with van der Waals surface area (Å²) in [5, 5.41) is 33.2. The normalized spacial score (nSPS) is 30.2. The predicted octanol–water partition coefficient (Wildman–Crippen LogP) is -4.80. The van der Waals surface area contributed by atoms with E-state index >= 15 is 0 Å². The number of aromatic amines is 2. The molecule has 0 saturated carbocycles. The van der Waals surface area contributed by atoms with Gasteiger partial charge in [-0.2, -0.15) is 9.29 Å². The molecule has 76 heavy (non-hydrogen) atoms. The monoisotopic (exact) mass is 1160 g/mol. The summed E-state index contributed by atoms with van der Waals surface area (Å²) in [5.74, 6) is -1.70. The Labute approximate surface area is 422 Å². The van der Waals surface area contributed by atoms with Crippen molar-refractivity contribution in [1.29, 1.82) is 0 Å². The van der Waals surface area contributed by atoms with Crippen molar-refractivity contribution in [1.82, 2.24) is 58.4 Å². The van der Waals surface area contributed by atoms with Crippen molar-refractivity contribution in [2.45, 2.75) is 67.1 Å². The minimum atomic E-state index is -5.95. The van der Waals surface area contributed by atoms with E-state index in [4.69, 9.17) is 54.5 Å². The lowest BCUT2D eigenvalue weighted by atomic mass is 9.99. The molecule has 3 saturated heterocycles. The van der Waals surface area contributed by atoms with Crippen LogP contribution in [-0.4, -0.2) is 173 Å². The van der Waals surface area contributed by atoms with Crippen LogP contribution in [0.1, 0.15) is 18.7 Å². The molecule has 5 unspecified atom stereocenters. The Morgan fingerprint density at radius 1 is 0.763 bits per heavy atom. The number of H-pyrrole nitrogens is 2. The van der Waals surface area contributed by atoms with Gasteiger partial charge < -0.3 is 84.9 Å². The summed E-state index contributed by atoms with van der Waals surface area (Å²) in [6, 6.07) is 0. The van der Waals surface area contributed by atoms with Gasteiger partial charge in [0.1, 0.15) is 50.0 Å². The topological polar surface area (TPSA) is 548 Å². The summed E-state index contributed by atoms with van der Waals surface area (Å²) in [7, 11) is -19.1. The van der Waals surface area contributed by atoms with Crippen LogP contribution in [0.3, 0.4) is 0 Å². The molecule has 0 spiro atoms. The van der Waals surface area contributed by atoms with E-state index in [1.165, 1.54) is 39.0 Å². The molecule has 0 radical (unpaired) electrons. The summed E-state index contributed by atoms with van der Waals surface area (Å²) in [6.07, 6.45) is -11.4. The summed E-state index contributed by atoms with van der Waals surface area (Å²) < 4.78 is 107. The van der Waals surface area contributed by atoms with Gasteiger partial charge in [-0.15, -0.1) is 4.86 Å². The summed E-state index contributed by atoms with van der Waals surface area (Å²) in [5.41, 5.74) is 13.7. The highest BCUT2D eigenvalue weighted by Crippen LogP contribution is 2.63. The van der Waals surface area contributed by atoms with Crippen LogP contribution in [0, 0.1) is 5.92 Å². The van der Waals surface area contributed by atoms with Gasteiger partial charge in [-0.1, -0.05) is 4.98 Å². The smallest absolute Gasteiger partial charge is 0.480 e. The molecule has 0 amide bonds. The van der Waals surface area contributed by atoms with Gasteiger partial charge in [0.25, 0.3) is 17.1 Å². The minimum absolute atomic E-state index is 0.00748. The van der Waals surface area contributed by atoms with E-state index in [9.17, 15) is 62.7 Å². The number of anilines is 3. The van der Waals surface area contributed by atoms with Crippen molar-refractivity contribution < 1.29 is 99.3 Å². The van der Waals surface area contributed by atoms with Gasteiger partial charge in [-0.3, -0.25) is 42.3 Å². The molecule has 9 rings (SSSR count). The molecule has 3 fully saturated rings. The molecule has 416 valence electrons. The van der Waals surface area contributed by atoms with E-state index in [1.807, 2.05) is 0 Å². The first kappa shape index (κ1) is 55.6. The Morgan fingerprint density at radius 2 is 1.41 bits per heavy atom. The van der Waals surface area contributed by atoms with Crippen LogP contribution in [0.15, 0.2) is 34.9 Å². The van der Waals surface area contributed by atoms with Crippen LogP contribution in [0.4, 0.5) is 17.7 Å². The van der Waals surface area contributed by atoms with E-state index in [2.05, 4.69) is 44.2 Å². The van der Waals surface area contributed by atoms with Gasteiger partial charge in [0.2, 0.25) is 17.7 Å². The second-order valence-corrected chi connectivity index (χ2v) is 24.1. The van der Waals surface area contributed by atoms with Gasteiger partial charge in [0, 0.05) is 20.1 Å². The van der Waals surface area contributed by atoms with Gasteiger partial charge in [0.15, 0.2) is 41.4 Å². The number of fused-ring (bicyclic) bond motifs is 3. The van der Waals surface area contributed by atoms with E-state index in [0.29, 0.717) is 0 Å². The zero-order valence-electron chi connectivity index (χ0n) is 39.3. The first-order valence-electron chi connectivity index (χ1n) is 21.9. The highest BCUT2D eigenvalue weighted by Gasteiger charge is 2.54. The lowest BCUT2D eigenvalue weighted by Gasteiger charge is -2.35. The van der Waals surface area contributed by atoms with Gasteiger partial charge in [-0.25, -0.2) is 38.2 Å². The molecule has 42 heteroatoms.